The number of fused-ring (bicyclic) bond motifs is 2. The Labute approximate surface area is 159 Å². The Morgan fingerprint density at radius 1 is 1.00 bits per heavy atom. The Bertz CT molecular complexity index is 1390. The highest BCUT2D eigenvalue weighted by Gasteiger charge is 2.10. The van der Waals surface area contributed by atoms with Gasteiger partial charge >= 0.3 is 0 Å². The average molecular weight is 370 g/mol. The van der Waals surface area contributed by atoms with Crippen LogP contribution in [0.1, 0.15) is 5.56 Å². The Hall–Kier alpha value is -3.80. The molecule has 0 amide bonds. The molecule has 28 heavy (non-hydrogen) atoms. The molecule has 136 valence electrons. The van der Waals surface area contributed by atoms with E-state index in [1.165, 1.54) is 16.8 Å². The highest BCUT2D eigenvalue weighted by atomic mass is 19.1. The molecule has 0 fully saturated rings. The van der Waals surface area contributed by atoms with Crippen molar-refractivity contribution in [2.75, 3.05) is 0 Å². The number of halogens is 1. The normalized spacial score (nSPS) is 11.3. The minimum atomic E-state index is -0.351. The van der Waals surface area contributed by atoms with Crippen LogP contribution in [0.15, 0.2) is 84.3 Å². The molecule has 5 nitrogen and oxygen atoms in total. The average Bonchev–Trinajstić information content (AvgIpc) is 3.19. The van der Waals surface area contributed by atoms with Crippen molar-refractivity contribution in [3.05, 3.63) is 101 Å². The van der Waals surface area contributed by atoms with Crippen molar-refractivity contribution in [1.29, 1.82) is 0 Å². The first-order chi connectivity index (χ1) is 13.7. The lowest BCUT2D eigenvalue weighted by Gasteiger charge is -2.11. The van der Waals surface area contributed by atoms with E-state index in [1.807, 2.05) is 47.1 Å². The molecule has 0 aliphatic rings. The maximum atomic E-state index is 14.9. The van der Waals surface area contributed by atoms with E-state index in [1.54, 1.807) is 24.5 Å². The van der Waals surface area contributed by atoms with Gasteiger partial charge in [-0.3, -0.25) is 9.78 Å². The molecule has 0 aliphatic carbocycles. The summed E-state index contributed by atoms with van der Waals surface area (Å²) in [5.41, 5.74) is 4.18. The highest BCUT2D eigenvalue weighted by Crippen LogP contribution is 2.23. The van der Waals surface area contributed by atoms with Crippen LogP contribution in [0.3, 0.4) is 0 Å². The van der Waals surface area contributed by atoms with E-state index < -0.39 is 0 Å². The monoisotopic (exact) mass is 370 g/mol. The zero-order chi connectivity index (χ0) is 19.1. The van der Waals surface area contributed by atoms with Gasteiger partial charge in [0, 0.05) is 29.7 Å². The van der Waals surface area contributed by atoms with Gasteiger partial charge in [-0.25, -0.2) is 9.37 Å². The van der Waals surface area contributed by atoms with Crippen LogP contribution in [0.2, 0.25) is 0 Å². The lowest BCUT2D eigenvalue weighted by atomic mass is 10.0. The Kier molecular flexibility index (Phi) is 3.76. The van der Waals surface area contributed by atoms with Gasteiger partial charge in [0.25, 0.3) is 5.56 Å². The number of benzene rings is 1. The van der Waals surface area contributed by atoms with Crippen LogP contribution in [0.4, 0.5) is 4.39 Å². The maximum Gasteiger partial charge on any atom is 0.269 e. The summed E-state index contributed by atoms with van der Waals surface area (Å²) in [4.78, 5) is 20.4. The standard InChI is InChI=1S/C22H15FN4O/c23-19-10-15(16-5-6-18-2-1-9-26(18)13-16)3-4-17(19)14-27-21-7-8-24-11-20(21)25-12-22(27)28/h1-13H,14H2. The minimum absolute atomic E-state index is 0.130. The second-order valence-corrected chi connectivity index (χ2v) is 6.61. The van der Waals surface area contributed by atoms with Crippen LogP contribution < -0.4 is 5.56 Å². The first-order valence-electron chi connectivity index (χ1n) is 8.84. The molecule has 0 radical (unpaired) electrons. The molecule has 0 saturated carbocycles. The fourth-order valence-electron chi connectivity index (χ4n) is 3.41. The molecule has 0 bridgehead atoms. The van der Waals surface area contributed by atoms with Crippen LogP contribution in [0.25, 0.3) is 27.7 Å². The second-order valence-electron chi connectivity index (χ2n) is 6.61. The number of pyridine rings is 2. The molecular formula is C22H15FN4O. The topological polar surface area (TPSA) is 52.2 Å². The van der Waals surface area contributed by atoms with Gasteiger partial charge in [0.1, 0.15) is 11.3 Å². The molecule has 5 aromatic rings. The van der Waals surface area contributed by atoms with Crippen molar-refractivity contribution < 1.29 is 4.39 Å². The number of hydrogen-bond donors (Lipinski definition) is 0. The molecule has 0 unspecified atom stereocenters. The van der Waals surface area contributed by atoms with Crippen LogP contribution in [0, 0.1) is 5.82 Å². The summed E-state index contributed by atoms with van der Waals surface area (Å²) < 4.78 is 18.4. The van der Waals surface area contributed by atoms with Crippen molar-refractivity contribution in [3.63, 3.8) is 0 Å². The zero-order valence-corrected chi connectivity index (χ0v) is 14.8. The summed E-state index contributed by atoms with van der Waals surface area (Å²) in [6.45, 7) is 0.130. The molecule has 4 aromatic heterocycles. The van der Waals surface area contributed by atoms with E-state index in [2.05, 4.69) is 9.97 Å². The van der Waals surface area contributed by atoms with Gasteiger partial charge in [-0.15, -0.1) is 0 Å². The van der Waals surface area contributed by atoms with Gasteiger partial charge in [0.15, 0.2) is 0 Å². The van der Waals surface area contributed by atoms with Gasteiger partial charge in [0.2, 0.25) is 0 Å². The van der Waals surface area contributed by atoms with E-state index in [-0.39, 0.29) is 17.9 Å². The quantitative estimate of drug-likeness (QED) is 0.484. The van der Waals surface area contributed by atoms with E-state index in [4.69, 9.17) is 0 Å². The molecule has 0 spiro atoms. The van der Waals surface area contributed by atoms with Gasteiger partial charge in [-0.1, -0.05) is 18.2 Å². The third kappa shape index (κ3) is 2.75. The molecule has 6 heteroatoms. The lowest BCUT2D eigenvalue weighted by Crippen LogP contribution is -2.21. The molecule has 4 heterocycles. The van der Waals surface area contributed by atoms with Crippen LogP contribution in [-0.4, -0.2) is 18.9 Å². The van der Waals surface area contributed by atoms with Crippen molar-refractivity contribution in [1.82, 2.24) is 18.9 Å². The zero-order valence-electron chi connectivity index (χ0n) is 14.8. The maximum absolute atomic E-state index is 14.9. The SMILES string of the molecule is O=c1cnc2cnccc2n1Cc1ccc(-c2ccc3cccn3c2)cc1F. The molecular weight excluding hydrogens is 355 g/mol. The molecule has 0 saturated heterocycles. The van der Waals surface area contributed by atoms with Crippen molar-refractivity contribution in [2.45, 2.75) is 6.54 Å². The van der Waals surface area contributed by atoms with Gasteiger partial charge < -0.3 is 8.97 Å². The largest absolute Gasteiger partial charge is 0.323 e. The predicted octanol–water partition coefficient (Wildman–Crippen LogP) is 3.90. The smallest absolute Gasteiger partial charge is 0.269 e. The molecule has 1 aromatic carbocycles. The number of aromatic nitrogens is 4. The fraction of sp³-hybridized carbons (Fsp3) is 0.0455. The summed E-state index contributed by atoms with van der Waals surface area (Å²) in [5.74, 6) is -0.351. The van der Waals surface area contributed by atoms with Crippen molar-refractivity contribution in [2.24, 2.45) is 0 Å². The minimum Gasteiger partial charge on any atom is -0.323 e. The Morgan fingerprint density at radius 2 is 1.89 bits per heavy atom. The number of nitrogens with zero attached hydrogens (tertiary/aromatic N) is 4. The van der Waals surface area contributed by atoms with E-state index in [0.717, 1.165) is 16.6 Å². The predicted molar refractivity (Wildman–Crippen MR) is 106 cm³/mol. The first-order valence-corrected chi connectivity index (χ1v) is 8.84. The molecule has 5 rings (SSSR count). The summed E-state index contributed by atoms with van der Waals surface area (Å²) in [6, 6.07) is 14.8. The highest BCUT2D eigenvalue weighted by molar-refractivity contribution is 5.73. The molecule has 0 atom stereocenters. The summed E-state index contributed by atoms with van der Waals surface area (Å²) in [7, 11) is 0. The third-order valence-electron chi connectivity index (χ3n) is 4.89. The van der Waals surface area contributed by atoms with E-state index in [9.17, 15) is 9.18 Å². The Morgan fingerprint density at radius 3 is 2.79 bits per heavy atom. The fourth-order valence-corrected chi connectivity index (χ4v) is 3.41. The summed E-state index contributed by atoms with van der Waals surface area (Å²) >= 11 is 0. The van der Waals surface area contributed by atoms with Crippen LogP contribution in [0.5, 0.6) is 0 Å². The van der Waals surface area contributed by atoms with Gasteiger partial charge in [0.05, 0.1) is 24.5 Å². The first kappa shape index (κ1) is 16.4. The lowest BCUT2D eigenvalue weighted by molar-refractivity contribution is 0.599. The van der Waals surface area contributed by atoms with Crippen molar-refractivity contribution >= 4 is 16.6 Å². The second kappa shape index (κ2) is 6.42. The number of rotatable bonds is 3. The Balaban J connectivity index is 1.54. The summed E-state index contributed by atoms with van der Waals surface area (Å²) in [6.07, 6.45) is 8.35. The van der Waals surface area contributed by atoms with E-state index >= 15 is 0 Å². The van der Waals surface area contributed by atoms with E-state index in [0.29, 0.717) is 16.6 Å². The van der Waals surface area contributed by atoms with Crippen molar-refractivity contribution in [3.8, 4) is 11.1 Å². The molecule has 0 aliphatic heterocycles. The third-order valence-corrected chi connectivity index (χ3v) is 4.89. The summed E-state index contributed by atoms with van der Waals surface area (Å²) in [5, 5.41) is 0. The molecule has 0 N–H and O–H groups in total. The van der Waals surface area contributed by atoms with Gasteiger partial charge in [-0.2, -0.15) is 0 Å². The van der Waals surface area contributed by atoms with Crippen LogP contribution in [-0.2, 0) is 6.54 Å². The number of hydrogen-bond acceptors (Lipinski definition) is 3. The van der Waals surface area contributed by atoms with Gasteiger partial charge in [-0.05, 0) is 41.5 Å². The van der Waals surface area contributed by atoms with Crippen LogP contribution >= 0.6 is 0 Å².